The van der Waals surface area contributed by atoms with Crippen molar-refractivity contribution < 1.29 is 19.1 Å². The highest BCUT2D eigenvalue weighted by Gasteiger charge is 2.15. The molecule has 1 unspecified atom stereocenters. The van der Waals surface area contributed by atoms with E-state index in [1.54, 1.807) is 13.8 Å². The maximum atomic E-state index is 11.4. The van der Waals surface area contributed by atoms with Crippen LogP contribution in [0.4, 0.5) is 4.79 Å². The van der Waals surface area contributed by atoms with Crippen LogP contribution in [0.5, 0.6) is 0 Å². The summed E-state index contributed by atoms with van der Waals surface area (Å²) in [5, 5.41) is 5.97. The van der Waals surface area contributed by atoms with Crippen molar-refractivity contribution in [3.05, 3.63) is 0 Å². The summed E-state index contributed by atoms with van der Waals surface area (Å²) in [6, 6.07) is 0. The Morgan fingerprint density at radius 2 is 1.62 bits per heavy atom. The lowest BCUT2D eigenvalue weighted by Crippen LogP contribution is -2.31. The van der Waals surface area contributed by atoms with E-state index in [4.69, 9.17) is 9.47 Å². The first-order chi connectivity index (χ1) is 9.97. The summed E-state index contributed by atoms with van der Waals surface area (Å²) in [7, 11) is 0. The van der Waals surface area contributed by atoms with Gasteiger partial charge < -0.3 is 20.1 Å². The SMILES string of the molecule is CCCNCCCCCNC(=O)OC(C)OC(=O)C(C)C. The monoisotopic (exact) mass is 302 g/mol. The average molecular weight is 302 g/mol. The zero-order chi connectivity index (χ0) is 16.1. The first kappa shape index (κ1) is 19.7. The van der Waals surface area contributed by atoms with Crippen molar-refractivity contribution in [3.63, 3.8) is 0 Å². The number of nitrogens with one attached hydrogen (secondary N) is 2. The van der Waals surface area contributed by atoms with Crippen LogP contribution in [0.2, 0.25) is 0 Å². The lowest BCUT2D eigenvalue weighted by Gasteiger charge is -2.15. The number of ether oxygens (including phenoxy) is 2. The maximum absolute atomic E-state index is 11.4. The van der Waals surface area contributed by atoms with Gasteiger partial charge in [0.1, 0.15) is 0 Å². The van der Waals surface area contributed by atoms with Gasteiger partial charge in [0.25, 0.3) is 0 Å². The molecule has 0 bridgehead atoms. The third-order valence-corrected chi connectivity index (χ3v) is 2.75. The van der Waals surface area contributed by atoms with Crippen LogP contribution in [-0.4, -0.2) is 38.0 Å². The molecule has 0 radical (unpaired) electrons. The van der Waals surface area contributed by atoms with Gasteiger partial charge in [-0.05, 0) is 32.4 Å². The van der Waals surface area contributed by atoms with E-state index in [-0.39, 0.29) is 11.9 Å². The summed E-state index contributed by atoms with van der Waals surface area (Å²) in [6.45, 7) is 9.76. The van der Waals surface area contributed by atoms with E-state index in [9.17, 15) is 9.59 Å². The minimum absolute atomic E-state index is 0.236. The largest absolute Gasteiger partial charge is 0.425 e. The second-order valence-electron chi connectivity index (χ2n) is 5.30. The van der Waals surface area contributed by atoms with Crippen molar-refractivity contribution in [2.45, 2.75) is 59.7 Å². The van der Waals surface area contributed by atoms with Gasteiger partial charge in [-0.15, -0.1) is 0 Å². The Balaban J connectivity index is 3.51. The van der Waals surface area contributed by atoms with Gasteiger partial charge in [0.05, 0.1) is 5.92 Å². The van der Waals surface area contributed by atoms with Crippen molar-refractivity contribution in [1.82, 2.24) is 10.6 Å². The van der Waals surface area contributed by atoms with Crippen molar-refractivity contribution >= 4 is 12.1 Å². The van der Waals surface area contributed by atoms with E-state index in [2.05, 4.69) is 17.6 Å². The van der Waals surface area contributed by atoms with Gasteiger partial charge in [-0.1, -0.05) is 27.2 Å². The molecule has 0 heterocycles. The Morgan fingerprint density at radius 3 is 2.24 bits per heavy atom. The summed E-state index contributed by atoms with van der Waals surface area (Å²) >= 11 is 0. The standard InChI is InChI=1S/C15H30N2O4/c1-5-9-16-10-7-6-8-11-17-15(19)21-13(4)20-14(18)12(2)3/h12-13,16H,5-11H2,1-4H3,(H,17,19). The highest BCUT2D eigenvalue weighted by molar-refractivity contribution is 5.72. The fraction of sp³-hybridized carbons (Fsp3) is 0.867. The van der Waals surface area contributed by atoms with Gasteiger partial charge in [-0.2, -0.15) is 0 Å². The Kier molecular flexibility index (Phi) is 11.7. The first-order valence-electron chi connectivity index (χ1n) is 7.83. The van der Waals surface area contributed by atoms with Crippen LogP contribution >= 0.6 is 0 Å². The van der Waals surface area contributed by atoms with Crippen LogP contribution in [0.1, 0.15) is 53.4 Å². The number of unbranched alkanes of at least 4 members (excludes halogenated alkanes) is 2. The highest BCUT2D eigenvalue weighted by Crippen LogP contribution is 2.02. The van der Waals surface area contributed by atoms with Crippen LogP contribution < -0.4 is 10.6 Å². The smallest absolute Gasteiger partial charge is 0.410 e. The molecule has 124 valence electrons. The molecule has 1 amide bonds. The van der Waals surface area contributed by atoms with Crippen LogP contribution in [0.15, 0.2) is 0 Å². The zero-order valence-corrected chi connectivity index (χ0v) is 13.7. The molecular weight excluding hydrogens is 272 g/mol. The number of esters is 1. The number of carbonyl (C=O) groups excluding carboxylic acids is 2. The predicted molar refractivity (Wildman–Crippen MR) is 81.9 cm³/mol. The quantitative estimate of drug-likeness (QED) is 0.348. The lowest BCUT2D eigenvalue weighted by atomic mass is 10.2. The fourth-order valence-corrected chi connectivity index (χ4v) is 1.56. The van der Waals surface area contributed by atoms with E-state index in [1.165, 1.54) is 6.92 Å². The number of hydrogen-bond acceptors (Lipinski definition) is 5. The van der Waals surface area contributed by atoms with E-state index >= 15 is 0 Å². The average Bonchev–Trinajstić information content (AvgIpc) is 2.41. The fourth-order valence-electron chi connectivity index (χ4n) is 1.56. The molecule has 0 aliphatic rings. The topological polar surface area (TPSA) is 76.7 Å². The van der Waals surface area contributed by atoms with Crippen molar-refractivity contribution in [1.29, 1.82) is 0 Å². The van der Waals surface area contributed by atoms with Crippen LogP contribution in [-0.2, 0) is 14.3 Å². The van der Waals surface area contributed by atoms with E-state index in [1.807, 2.05) is 0 Å². The minimum atomic E-state index is -0.863. The Hall–Kier alpha value is -1.30. The molecule has 2 N–H and O–H groups in total. The third-order valence-electron chi connectivity index (χ3n) is 2.75. The minimum Gasteiger partial charge on any atom is -0.425 e. The second-order valence-corrected chi connectivity index (χ2v) is 5.30. The molecule has 0 aromatic carbocycles. The number of carbonyl (C=O) groups is 2. The van der Waals surface area contributed by atoms with E-state index in [0.717, 1.165) is 38.8 Å². The normalized spacial score (nSPS) is 12.0. The van der Waals surface area contributed by atoms with Crippen LogP contribution in [0.3, 0.4) is 0 Å². The Bertz CT molecular complexity index is 295. The summed E-state index contributed by atoms with van der Waals surface area (Å²) in [5.41, 5.74) is 0. The molecule has 0 saturated heterocycles. The number of alkyl carbamates (subject to hydrolysis) is 1. The Morgan fingerprint density at radius 1 is 0.952 bits per heavy atom. The summed E-state index contributed by atoms with van der Waals surface area (Å²) in [4.78, 5) is 22.7. The predicted octanol–water partition coefficient (Wildman–Crippen LogP) is 2.43. The molecule has 6 heteroatoms. The van der Waals surface area contributed by atoms with Gasteiger partial charge in [0.15, 0.2) is 0 Å². The van der Waals surface area contributed by atoms with Gasteiger partial charge in [0, 0.05) is 13.5 Å². The molecule has 0 aromatic heterocycles. The van der Waals surface area contributed by atoms with Crippen molar-refractivity contribution in [3.8, 4) is 0 Å². The molecular formula is C15H30N2O4. The number of hydrogen-bond donors (Lipinski definition) is 2. The molecule has 0 saturated carbocycles. The van der Waals surface area contributed by atoms with E-state index in [0.29, 0.717) is 6.54 Å². The molecule has 6 nitrogen and oxygen atoms in total. The lowest BCUT2D eigenvalue weighted by molar-refractivity contribution is -0.168. The third kappa shape index (κ3) is 12.2. The molecule has 0 rings (SSSR count). The molecule has 0 aliphatic heterocycles. The van der Waals surface area contributed by atoms with E-state index < -0.39 is 12.4 Å². The molecule has 1 atom stereocenters. The summed E-state index contributed by atoms with van der Waals surface area (Å²) in [5.74, 6) is -0.615. The van der Waals surface area contributed by atoms with Gasteiger partial charge in [0.2, 0.25) is 6.29 Å². The molecule has 21 heavy (non-hydrogen) atoms. The molecule has 0 spiro atoms. The number of rotatable bonds is 11. The second kappa shape index (κ2) is 12.4. The van der Waals surface area contributed by atoms with Crippen LogP contribution in [0.25, 0.3) is 0 Å². The van der Waals surface area contributed by atoms with Crippen LogP contribution in [0, 0.1) is 5.92 Å². The summed E-state index contributed by atoms with van der Waals surface area (Å²) < 4.78 is 9.86. The Labute approximate surface area is 127 Å². The van der Waals surface area contributed by atoms with Gasteiger partial charge in [-0.3, -0.25) is 4.79 Å². The van der Waals surface area contributed by atoms with Crippen molar-refractivity contribution in [2.75, 3.05) is 19.6 Å². The maximum Gasteiger partial charge on any atom is 0.410 e. The summed E-state index contributed by atoms with van der Waals surface area (Å²) in [6.07, 6.45) is 2.78. The molecule has 0 aromatic rings. The highest BCUT2D eigenvalue weighted by atomic mass is 16.7. The first-order valence-corrected chi connectivity index (χ1v) is 7.83. The van der Waals surface area contributed by atoms with Crippen molar-refractivity contribution in [2.24, 2.45) is 5.92 Å². The number of amides is 1. The molecule has 0 fully saturated rings. The van der Waals surface area contributed by atoms with Gasteiger partial charge in [-0.25, -0.2) is 4.79 Å². The molecule has 0 aliphatic carbocycles. The zero-order valence-electron chi connectivity index (χ0n) is 13.7. The van der Waals surface area contributed by atoms with Gasteiger partial charge >= 0.3 is 12.1 Å².